The molecule has 0 radical (unpaired) electrons. The fourth-order valence-corrected chi connectivity index (χ4v) is 10.8. The Hall–Kier alpha value is -2.89. The lowest BCUT2D eigenvalue weighted by atomic mass is 10.0. The van der Waals surface area contributed by atoms with Crippen molar-refractivity contribution >= 4 is 17.9 Å². The molecule has 478 valence electrons. The molecule has 0 saturated heterocycles. The number of allylic oxidation sites excluding steroid dienone is 10. The summed E-state index contributed by atoms with van der Waals surface area (Å²) in [7, 11) is 0. The molecule has 6 heteroatoms. The molecule has 0 aliphatic rings. The Labute approximate surface area is 510 Å². The summed E-state index contributed by atoms with van der Waals surface area (Å²) in [6.07, 6.45) is 91.2. The van der Waals surface area contributed by atoms with E-state index in [4.69, 9.17) is 14.2 Å². The second-order valence-electron chi connectivity index (χ2n) is 24.5. The molecule has 0 aromatic carbocycles. The van der Waals surface area contributed by atoms with Crippen LogP contribution in [0.4, 0.5) is 0 Å². The Morgan fingerprint density at radius 2 is 0.476 bits per heavy atom. The van der Waals surface area contributed by atoms with Gasteiger partial charge in [0.2, 0.25) is 0 Å². The molecule has 0 bridgehead atoms. The minimum absolute atomic E-state index is 0.0768. The van der Waals surface area contributed by atoms with Crippen LogP contribution in [0.2, 0.25) is 0 Å². The van der Waals surface area contributed by atoms with Crippen LogP contribution in [0.1, 0.15) is 387 Å². The zero-order valence-corrected chi connectivity index (χ0v) is 55.0. The summed E-state index contributed by atoms with van der Waals surface area (Å²) in [4.78, 5) is 38.5. The van der Waals surface area contributed by atoms with E-state index in [0.717, 1.165) is 103 Å². The predicted molar refractivity (Wildman–Crippen MR) is 358 cm³/mol. The first-order chi connectivity index (χ1) is 40.5. The lowest BCUT2D eigenvalue weighted by molar-refractivity contribution is -0.167. The zero-order valence-electron chi connectivity index (χ0n) is 55.0. The number of unbranched alkanes of at least 4 members (excludes halogenated alkanes) is 46. The van der Waals surface area contributed by atoms with Crippen molar-refractivity contribution in [2.75, 3.05) is 13.2 Å². The normalized spacial score (nSPS) is 12.4. The molecule has 82 heavy (non-hydrogen) atoms. The molecule has 0 heterocycles. The second kappa shape index (κ2) is 70.6. The van der Waals surface area contributed by atoms with E-state index < -0.39 is 6.10 Å². The first-order valence-electron chi connectivity index (χ1n) is 36.3. The van der Waals surface area contributed by atoms with Crippen LogP contribution in [-0.2, 0) is 28.6 Å². The minimum Gasteiger partial charge on any atom is -0.462 e. The van der Waals surface area contributed by atoms with Gasteiger partial charge in [0.15, 0.2) is 6.10 Å². The van der Waals surface area contributed by atoms with Crippen molar-refractivity contribution in [2.45, 2.75) is 393 Å². The van der Waals surface area contributed by atoms with Gasteiger partial charge >= 0.3 is 17.9 Å². The summed E-state index contributed by atoms with van der Waals surface area (Å²) in [5.74, 6) is -0.872. The average molecular weight is 1150 g/mol. The lowest BCUT2D eigenvalue weighted by Crippen LogP contribution is -2.30. The van der Waals surface area contributed by atoms with Gasteiger partial charge in [-0.2, -0.15) is 0 Å². The molecular formula is C76H138O6. The van der Waals surface area contributed by atoms with Gasteiger partial charge in [-0.15, -0.1) is 0 Å². The highest BCUT2D eigenvalue weighted by atomic mass is 16.6. The third kappa shape index (κ3) is 67.9. The average Bonchev–Trinajstić information content (AvgIpc) is 3.47. The number of ether oxygens (including phenoxy) is 3. The van der Waals surface area contributed by atoms with Crippen molar-refractivity contribution in [1.82, 2.24) is 0 Å². The van der Waals surface area contributed by atoms with Gasteiger partial charge in [0.1, 0.15) is 13.2 Å². The standard InChI is InChI=1S/C76H138O6/c1-4-7-10-13-16-19-22-25-28-30-32-34-36-37-38-40-41-43-45-48-51-54-57-60-63-66-69-75(78)81-72-73(71-80-74(77)68-65-62-59-56-53-50-47-27-24-21-18-15-12-9-6-3)82-76(79)70-67-64-61-58-55-52-49-46-44-42-39-35-33-31-29-26-23-20-17-14-11-8-5-2/h9,12,18,21,23,26-27,31,33,47,73H,4-8,10-11,13-17,19-20,22,24-25,28-30,32,34-46,48-72H2,1-3H3/b12-9-,21-18-,26-23-,33-31-,47-27-. The number of carbonyl (C=O) groups excluding carboxylic acids is 3. The molecule has 0 rings (SSSR count). The molecular weight excluding hydrogens is 1010 g/mol. The topological polar surface area (TPSA) is 78.9 Å². The Morgan fingerprint density at radius 1 is 0.256 bits per heavy atom. The molecule has 0 saturated carbocycles. The van der Waals surface area contributed by atoms with Crippen LogP contribution in [0.15, 0.2) is 60.8 Å². The molecule has 0 aromatic rings. The van der Waals surface area contributed by atoms with Crippen LogP contribution in [0.25, 0.3) is 0 Å². The Kier molecular flexibility index (Phi) is 68.1. The maximum Gasteiger partial charge on any atom is 0.306 e. The number of rotatable bonds is 67. The fraction of sp³-hybridized carbons (Fsp3) is 0.829. The summed E-state index contributed by atoms with van der Waals surface area (Å²) in [6, 6.07) is 0. The van der Waals surface area contributed by atoms with Crippen molar-refractivity contribution < 1.29 is 28.6 Å². The van der Waals surface area contributed by atoms with Crippen molar-refractivity contribution in [1.29, 1.82) is 0 Å². The second-order valence-corrected chi connectivity index (χ2v) is 24.5. The number of esters is 3. The molecule has 0 aliphatic heterocycles. The van der Waals surface area contributed by atoms with E-state index >= 15 is 0 Å². The van der Waals surface area contributed by atoms with Crippen LogP contribution in [0, 0.1) is 0 Å². The third-order valence-electron chi connectivity index (χ3n) is 16.3. The van der Waals surface area contributed by atoms with Crippen LogP contribution in [-0.4, -0.2) is 37.2 Å². The summed E-state index contributed by atoms with van der Waals surface area (Å²) >= 11 is 0. The molecule has 0 fully saturated rings. The van der Waals surface area contributed by atoms with E-state index in [1.165, 1.54) is 244 Å². The van der Waals surface area contributed by atoms with E-state index in [1.807, 2.05) is 0 Å². The Bertz CT molecular complexity index is 1460. The van der Waals surface area contributed by atoms with Gasteiger partial charge < -0.3 is 14.2 Å². The number of hydrogen-bond acceptors (Lipinski definition) is 6. The fourth-order valence-electron chi connectivity index (χ4n) is 10.8. The predicted octanol–water partition coefficient (Wildman–Crippen LogP) is 25.1. The van der Waals surface area contributed by atoms with Crippen molar-refractivity contribution in [2.24, 2.45) is 0 Å². The molecule has 0 N–H and O–H groups in total. The summed E-state index contributed by atoms with van der Waals surface area (Å²) in [6.45, 7) is 6.57. The highest BCUT2D eigenvalue weighted by Gasteiger charge is 2.19. The van der Waals surface area contributed by atoms with Gasteiger partial charge in [0.05, 0.1) is 0 Å². The van der Waals surface area contributed by atoms with Gasteiger partial charge in [0, 0.05) is 19.3 Å². The number of carbonyl (C=O) groups is 3. The largest absolute Gasteiger partial charge is 0.462 e. The van der Waals surface area contributed by atoms with E-state index in [0.29, 0.717) is 19.3 Å². The van der Waals surface area contributed by atoms with Crippen LogP contribution < -0.4 is 0 Å². The van der Waals surface area contributed by atoms with E-state index in [2.05, 4.69) is 81.5 Å². The lowest BCUT2D eigenvalue weighted by Gasteiger charge is -2.18. The molecule has 1 atom stereocenters. The highest BCUT2D eigenvalue weighted by Crippen LogP contribution is 2.18. The molecule has 0 aromatic heterocycles. The quantitative estimate of drug-likeness (QED) is 0.0261. The molecule has 0 amide bonds. The molecule has 1 unspecified atom stereocenters. The summed E-state index contributed by atoms with van der Waals surface area (Å²) in [5, 5.41) is 0. The SMILES string of the molecule is CC/C=C\C/C=C\C/C=C\CCCCCCCC(=O)OCC(COC(=O)CCCCCCCCCCCCCCCCCCCCCCCCCCCC)OC(=O)CCCCCCCCCCCCC/C=C\C/C=C\CCCCCCC. The zero-order chi connectivity index (χ0) is 59.2. The maximum absolute atomic E-state index is 13.0. The number of hydrogen-bond donors (Lipinski definition) is 0. The molecule has 0 spiro atoms. The minimum atomic E-state index is -0.783. The molecule has 6 nitrogen and oxygen atoms in total. The molecule has 0 aliphatic carbocycles. The van der Waals surface area contributed by atoms with Crippen molar-refractivity contribution in [3.63, 3.8) is 0 Å². The van der Waals surface area contributed by atoms with E-state index in [9.17, 15) is 14.4 Å². The summed E-state index contributed by atoms with van der Waals surface area (Å²) in [5.41, 5.74) is 0. The smallest absolute Gasteiger partial charge is 0.306 e. The first kappa shape index (κ1) is 79.1. The Balaban J connectivity index is 4.27. The van der Waals surface area contributed by atoms with Crippen LogP contribution >= 0.6 is 0 Å². The maximum atomic E-state index is 13.0. The van der Waals surface area contributed by atoms with Gasteiger partial charge in [-0.25, -0.2) is 0 Å². The van der Waals surface area contributed by atoms with Gasteiger partial charge in [-0.3, -0.25) is 14.4 Å². The van der Waals surface area contributed by atoms with Gasteiger partial charge in [-0.05, 0) is 83.5 Å². The van der Waals surface area contributed by atoms with E-state index in [-0.39, 0.29) is 31.1 Å². The van der Waals surface area contributed by atoms with Gasteiger partial charge in [-0.1, -0.05) is 345 Å². The highest BCUT2D eigenvalue weighted by molar-refractivity contribution is 5.71. The third-order valence-corrected chi connectivity index (χ3v) is 16.3. The van der Waals surface area contributed by atoms with Crippen LogP contribution in [0.5, 0.6) is 0 Å². The van der Waals surface area contributed by atoms with Crippen molar-refractivity contribution in [3.8, 4) is 0 Å². The Morgan fingerprint density at radius 3 is 0.744 bits per heavy atom. The first-order valence-corrected chi connectivity index (χ1v) is 36.3. The monoisotopic (exact) mass is 1150 g/mol. The van der Waals surface area contributed by atoms with Gasteiger partial charge in [0.25, 0.3) is 0 Å². The summed E-state index contributed by atoms with van der Waals surface area (Å²) < 4.78 is 17.0. The van der Waals surface area contributed by atoms with Crippen LogP contribution in [0.3, 0.4) is 0 Å². The van der Waals surface area contributed by atoms with Crippen molar-refractivity contribution in [3.05, 3.63) is 60.8 Å². The van der Waals surface area contributed by atoms with E-state index in [1.54, 1.807) is 0 Å².